The number of amides is 2. The summed E-state index contributed by atoms with van der Waals surface area (Å²) in [5.41, 5.74) is 2.06. The van der Waals surface area contributed by atoms with Crippen molar-refractivity contribution in [2.24, 2.45) is 0 Å². The molecule has 0 aliphatic carbocycles. The molecule has 0 spiro atoms. The molecule has 1 aliphatic heterocycles. The van der Waals surface area contributed by atoms with Crippen LogP contribution in [-0.4, -0.2) is 21.0 Å². The summed E-state index contributed by atoms with van der Waals surface area (Å²) in [4.78, 5) is 36.6. The molecule has 2 aromatic rings. The van der Waals surface area contributed by atoms with Crippen molar-refractivity contribution in [2.45, 2.75) is 13.5 Å². The summed E-state index contributed by atoms with van der Waals surface area (Å²) in [5.74, 6) is -0.416. The van der Waals surface area contributed by atoms with Crippen molar-refractivity contribution in [3.63, 3.8) is 0 Å². The number of imide groups is 1. The second kappa shape index (κ2) is 7.31. The van der Waals surface area contributed by atoms with Gasteiger partial charge in [0.15, 0.2) is 0 Å². The van der Waals surface area contributed by atoms with Crippen molar-refractivity contribution in [3.8, 4) is 0 Å². The lowest BCUT2D eigenvalue weighted by Gasteiger charge is -2.14. The molecule has 0 aromatic heterocycles. The average Bonchev–Trinajstić information content (AvgIpc) is 2.85. The highest BCUT2D eigenvalue weighted by Gasteiger charge is 2.35. The van der Waals surface area contributed by atoms with E-state index in [-0.39, 0.29) is 27.4 Å². The molecule has 1 aliphatic rings. The lowest BCUT2D eigenvalue weighted by Crippen LogP contribution is -2.27. The summed E-state index contributed by atoms with van der Waals surface area (Å²) in [6.07, 6.45) is 1.46. The number of aryl methyl sites for hydroxylation is 1. The monoisotopic (exact) mass is 388 g/mol. The summed E-state index contributed by atoms with van der Waals surface area (Å²) < 4.78 is 0. The predicted octanol–water partition coefficient (Wildman–Crippen LogP) is 4.79. The van der Waals surface area contributed by atoms with E-state index in [0.29, 0.717) is 5.56 Å². The molecule has 6 nitrogen and oxygen atoms in total. The van der Waals surface area contributed by atoms with Gasteiger partial charge >= 0.3 is 0 Å². The fraction of sp³-hybridized carbons (Fsp3) is 0.111. The van der Waals surface area contributed by atoms with Gasteiger partial charge in [0, 0.05) is 6.07 Å². The first-order chi connectivity index (χ1) is 12.4. The Morgan fingerprint density at radius 1 is 1.23 bits per heavy atom. The quantitative estimate of drug-likeness (QED) is 0.427. The van der Waals surface area contributed by atoms with Gasteiger partial charge in [-0.15, -0.1) is 0 Å². The highest BCUT2D eigenvalue weighted by atomic mass is 35.5. The Labute approximate surface area is 158 Å². The third-order valence-electron chi connectivity index (χ3n) is 3.93. The van der Waals surface area contributed by atoms with Gasteiger partial charge in [-0.3, -0.25) is 24.6 Å². The number of hydrogen-bond donors (Lipinski definition) is 0. The highest BCUT2D eigenvalue weighted by molar-refractivity contribution is 8.18. The SMILES string of the molecule is Cc1ccccc1CN1C(=O)S/C(=C\c2ccc(Cl)c([N+](=O)[O-])c2)C1=O. The minimum atomic E-state index is -0.594. The van der Waals surface area contributed by atoms with Crippen LogP contribution in [0.1, 0.15) is 16.7 Å². The number of hydrogen-bond acceptors (Lipinski definition) is 5. The summed E-state index contributed by atoms with van der Waals surface area (Å²) >= 11 is 6.61. The first-order valence-electron chi connectivity index (χ1n) is 7.60. The van der Waals surface area contributed by atoms with Crippen LogP contribution in [-0.2, 0) is 11.3 Å². The standard InChI is InChI=1S/C18H13ClN2O4S/c1-11-4-2-3-5-13(11)10-20-17(22)16(26-18(20)23)9-12-6-7-14(19)15(8-12)21(24)25/h2-9H,10H2,1H3/b16-9-. The van der Waals surface area contributed by atoms with E-state index < -0.39 is 10.8 Å². The van der Waals surface area contributed by atoms with Crippen LogP contribution in [0.2, 0.25) is 5.02 Å². The van der Waals surface area contributed by atoms with E-state index in [1.54, 1.807) is 6.07 Å². The van der Waals surface area contributed by atoms with Gasteiger partial charge < -0.3 is 0 Å². The molecule has 1 heterocycles. The molecule has 1 fully saturated rings. The van der Waals surface area contributed by atoms with Crippen LogP contribution in [0.5, 0.6) is 0 Å². The van der Waals surface area contributed by atoms with Gasteiger partial charge in [0.1, 0.15) is 5.02 Å². The Bertz CT molecular complexity index is 958. The van der Waals surface area contributed by atoms with Gasteiger partial charge in [-0.2, -0.15) is 0 Å². The molecule has 3 rings (SSSR count). The van der Waals surface area contributed by atoms with Crippen LogP contribution in [0, 0.1) is 17.0 Å². The fourth-order valence-corrected chi connectivity index (χ4v) is 3.53. The van der Waals surface area contributed by atoms with Gasteiger partial charge in [0.2, 0.25) is 0 Å². The van der Waals surface area contributed by atoms with Crippen molar-refractivity contribution in [2.75, 3.05) is 0 Å². The fourth-order valence-electron chi connectivity index (χ4n) is 2.50. The summed E-state index contributed by atoms with van der Waals surface area (Å²) in [6.45, 7) is 2.10. The second-order valence-electron chi connectivity index (χ2n) is 5.66. The molecule has 26 heavy (non-hydrogen) atoms. The second-order valence-corrected chi connectivity index (χ2v) is 7.06. The first-order valence-corrected chi connectivity index (χ1v) is 8.80. The summed E-state index contributed by atoms with van der Waals surface area (Å²) in [6, 6.07) is 11.7. The summed E-state index contributed by atoms with van der Waals surface area (Å²) in [5, 5.41) is 10.6. The number of rotatable bonds is 4. The van der Waals surface area contributed by atoms with Gasteiger partial charge in [0.25, 0.3) is 16.8 Å². The van der Waals surface area contributed by atoms with Crippen LogP contribution in [0.4, 0.5) is 10.5 Å². The van der Waals surface area contributed by atoms with E-state index in [9.17, 15) is 19.7 Å². The number of nitro benzene ring substituents is 1. The van der Waals surface area contributed by atoms with Crippen LogP contribution in [0.25, 0.3) is 6.08 Å². The van der Waals surface area contributed by atoms with Gasteiger partial charge in [0.05, 0.1) is 16.4 Å². The minimum absolute atomic E-state index is 0.0137. The molecular formula is C18H13ClN2O4S. The third-order valence-corrected chi connectivity index (χ3v) is 5.15. The minimum Gasteiger partial charge on any atom is -0.268 e. The molecule has 0 N–H and O–H groups in total. The Kier molecular flexibility index (Phi) is 5.11. The highest BCUT2D eigenvalue weighted by Crippen LogP contribution is 2.34. The molecular weight excluding hydrogens is 376 g/mol. The molecule has 0 unspecified atom stereocenters. The van der Waals surface area contributed by atoms with E-state index in [1.165, 1.54) is 23.1 Å². The van der Waals surface area contributed by atoms with E-state index in [1.807, 2.05) is 31.2 Å². The molecule has 2 aromatic carbocycles. The van der Waals surface area contributed by atoms with Crippen molar-refractivity contribution >= 4 is 46.3 Å². The van der Waals surface area contributed by atoms with Crippen LogP contribution in [0.15, 0.2) is 47.4 Å². The lowest BCUT2D eigenvalue weighted by atomic mass is 10.1. The maximum absolute atomic E-state index is 12.6. The number of nitro groups is 1. The van der Waals surface area contributed by atoms with E-state index in [0.717, 1.165) is 22.9 Å². The van der Waals surface area contributed by atoms with E-state index >= 15 is 0 Å². The molecule has 0 saturated carbocycles. The van der Waals surface area contributed by atoms with E-state index in [2.05, 4.69) is 0 Å². The molecule has 0 atom stereocenters. The van der Waals surface area contributed by atoms with Crippen LogP contribution < -0.4 is 0 Å². The Hall–Kier alpha value is -2.64. The smallest absolute Gasteiger partial charge is 0.268 e. The number of thioether (sulfide) groups is 1. The number of carbonyl (C=O) groups is 2. The van der Waals surface area contributed by atoms with Gasteiger partial charge in [-0.05, 0) is 47.5 Å². The molecule has 1 saturated heterocycles. The van der Waals surface area contributed by atoms with Crippen molar-refractivity contribution < 1.29 is 14.5 Å². The first kappa shape index (κ1) is 18.2. The normalized spacial score (nSPS) is 15.8. The van der Waals surface area contributed by atoms with Gasteiger partial charge in [-0.1, -0.05) is 41.9 Å². The van der Waals surface area contributed by atoms with Crippen molar-refractivity contribution in [1.82, 2.24) is 4.90 Å². The van der Waals surface area contributed by atoms with E-state index in [4.69, 9.17) is 11.6 Å². The topological polar surface area (TPSA) is 80.5 Å². The maximum atomic E-state index is 12.6. The summed E-state index contributed by atoms with van der Waals surface area (Å²) in [7, 11) is 0. The molecule has 0 radical (unpaired) electrons. The zero-order valence-corrected chi connectivity index (χ0v) is 15.2. The molecule has 0 bridgehead atoms. The van der Waals surface area contributed by atoms with Gasteiger partial charge in [-0.25, -0.2) is 0 Å². The number of benzene rings is 2. The third kappa shape index (κ3) is 3.63. The van der Waals surface area contributed by atoms with Crippen LogP contribution in [0.3, 0.4) is 0 Å². The maximum Gasteiger partial charge on any atom is 0.293 e. The zero-order valence-electron chi connectivity index (χ0n) is 13.6. The zero-order chi connectivity index (χ0) is 18.8. The predicted molar refractivity (Wildman–Crippen MR) is 101 cm³/mol. The number of nitrogens with zero attached hydrogens (tertiary/aromatic N) is 2. The Balaban J connectivity index is 1.87. The largest absolute Gasteiger partial charge is 0.293 e. The number of carbonyl (C=O) groups excluding carboxylic acids is 2. The van der Waals surface area contributed by atoms with Crippen LogP contribution >= 0.6 is 23.4 Å². The van der Waals surface area contributed by atoms with Crippen molar-refractivity contribution in [3.05, 3.63) is 79.2 Å². The molecule has 8 heteroatoms. The molecule has 132 valence electrons. The Morgan fingerprint density at radius 3 is 2.65 bits per heavy atom. The van der Waals surface area contributed by atoms with Crippen molar-refractivity contribution in [1.29, 1.82) is 0 Å². The average molecular weight is 389 g/mol. The lowest BCUT2D eigenvalue weighted by molar-refractivity contribution is -0.384. The number of halogens is 1. The molecule has 2 amide bonds. The Morgan fingerprint density at radius 2 is 1.96 bits per heavy atom.